The molecule has 0 aliphatic rings. The van der Waals surface area contributed by atoms with Crippen LogP contribution < -0.4 is 5.73 Å². The molecule has 4 rings (SSSR count). The molecule has 4 aromatic rings. The minimum Gasteiger partial charge on any atom is -0.368 e. The lowest BCUT2D eigenvalue weighted by Crippen LogP contribution is -2.22. The van der Waals surface area contributed by atoms with E-state index in [1.54, 1.807) is 22.9 Å². The molecule has 0 saturated carbocycles. The highest BCUT2D eigenvalue weighted by Crippen LogP contribution is 2.29. The molecule has 36 heavy (non-hydrogen) atoms. The lowest BCUT2D eigenvalue weighted by Gasteiger charge is -2.26. The van der Waals surface area contributed by atoms with Gasteiger partial charge in [-0.25, -0.2) is 14.6 Å². The van der Waals surface area contributed by atoms with Crippen LogP contribution in [0.1, 0.15) is 50.6 Å². The highest BCUT2D eigenvalue weighted by atomic mass is 16.2. The number of pyridine rings is 1. The first-order valence-electron chi connectivity index (χ1n) is 11.4. The Bertz CT molecular complexity index is 1410. The SMILES string of the molecule is CCC(C)(CC)c1cccc(Cn2cc(-c3cc(-c4cccc(C#N)c4)nc(N)n3)nn2)n1.O=C=O. The van der Waals surface area contributed by atoms with Crippen LogP contribution in [0.4, 0.5) is 5.95 Å². The lowest BCUT2D eigenvalue weighted by atomic mass is 9.81. The zero-order valence-electron chi connectivity index (χ0n) is 20.3. The predicted molar refractivity (Wildman–Crippen MR) is 132 cm³/mol. The van der Waals surface area contributed by atoms with Crippen LogP contribution in [0.25, 0.3) is 22.6 Å². The van der Waals surface area contributed by atoms with Gasteiger partial charge in [-0.3, -0.25) is 4.98 Å². The van der Waals surface area contributed by atoms with Crippen LogP contribution in [0.15, 0.2) is 54.7 Å². The molecule has 0 bridgehead atoms. The quantitative estimate of drug-likeness (QED) is 0.414. The summed E-state index contributed by atoms with van der Waals surface area (Å²) >= 11 is 0. The average Bonchev–Trinajstić information content (AvgIpc) is 3.37. The highest BCUT2D eigenvalue weighted by Gasteiger charge is 2.24. The van der Waals surface area contributed by atoms with E-state index < -0.39 is 0 Å². The zero-order valence-corrected chi connectivity index (χ0v) is 20.3. The van der Waals surface area contributed by atoms with Crippen LogP contribution in [0.2, 0.25) is 0 Å². The molecule has 0 radical (unpaired) electrons. The summed E-state index contributed by atoms with van der Waals surface area (Å²) in [5.41, 5.74) is 11.2. The standard InChI is InChI=1S/C25H26N8.CO2/c1-4-25(3,5-2)23-11-7-10-19(28-23)15-33-16-22(31-32-33)21-13-20(29-24(27)30-21)18-9-6-8-17(12-18)14-26;2-1-3/h6-13,16H,4-5,15H2,1-3H3,(H2,27,29,30);. The number of benzene rings is 1. The number of nitrogens with two attached hydrogens (primary N) is 1. The van der Waals surface area contributed by atoms with Crippen molar-refractivity contribution in [1.82, 2.24) is 29.9 Å². The largest absolute Gasteiger partial charge is 0.373 e. The Kier molecular flexibility index (Phi) is 8.34. The molecular formula is C26H26N8O2. The average molecular weight is 483 g/mol. The fourth-order valence-electron chi connectivity index (χ4n) is 3.67. The van der Waals surface area contributed by atoms with Crippen LogP contribution in [0, 0.1) is 11.3 Å². The van der Waals surface area contributed by atoms with Gasteiger partial charge in [0.2, 0.25) is 5.95 Å². The molecule has 0 unspecified atom stereocenters. The third-order valence-electron chi connectivity index (χ3n) is 6.14. The zero-order chi connectivity index (χ0) is 26.1. The Morgan fingerprint density at radius 1 is 0.972 bits per heavy atom. The van der Waals surface area contributed by atoms with Crippen LogP contribution in [0.3, 0.4) is 0 Å². The van der Waals surface area contributed by atoms with E-state index in [-0.39, 0.29) is 17.5 Å². The van der Waals surface area contributed by atoms with Crippen LogP contribution in [-0.2, 0) is 21.5 Å². The Labute approximate surface area is 208 Å². The van der Waals surface area contributed by atoms with Crippen LogP contribution >= 0.6 is 0 Å². The number of carbonyl (C=O) groups excluding carboxylic acids is 2. The maximum Gasteiger partial charge on any atom is 0.373 e. The second kappa shape index (κ2) is 11.6. The number of nitrogens with zero attached hydrogens (tertiary/aromatic N) is 7. The molecule has 182 valence electrons. The van der Waals surface area contributed by atoms with Gasteiger partial charge >= 0.3 is 6.15 Å². The number of aromatic nitrogens is 6. The topological polar surface area (TPSA) is 153 Å². The van der Waals surface area contributed by atoms with Crippen molar-refractivity contribution >= 4 is 12.1 Å². The molecule has 1 aromatic carbocycles. The van der Waals surface area contributed by atoms with Gasteiger partial charge < -0.3 is 5.73 Å². The van der Waals surface area contributed by atoms with Gasteiger partial charge in [0.15, 0.2) is 0 Å². The minimum absolute atomic E-state index is 0.0568. The normalized spacial score (nSPS) is 10.6. The van der Waals surface area contributed by atoms with Gasteiger partial charge in [0.05, 0.1) is 41.5 Å². The van der Waals surface area contributed by atoms with Gasteiger partial charge in [0, 0.05) is 16.7 Å². The summed E-state index contributed by atoms with van der Waals surface area (Å²) in [6.45, 7) is 7.14. The first-order chi connectivity index (χ1) is 17.3. The first-order valence-corrected chi connectivity index (χ1v) is 11.4. The molecule has 0 spiro atoms. The molecule has 2 N–H and O–H groups in total. The number of rotatable bonds is 7. The van der Waals surface area contributed by atoms with Gasteiger partial charge in [-0.1, -0.05) is 44.2 Å². The van der Waals surface area contributed by atoms with Crippen molar-refractivity contribution in [2.75, 3.05) is 5.73 Å². The Morgan fingerprint density at radius 2 is 1.67 bits per heavy atom. The number of nitrogen functional groups attached to an aromatic ring is 1. The van der Waals surface area contributed by atoms with E-state index in [0.29, 0.717) is 29.2 Å². The summed E-state index contributed by atoms with van der Waals surface area (Å²) in [5, 5.41) is 17.7. The van der Waals surface area contributed by atoms with Crippen LogP contribution in [-0.4, -0.2) is 36.1 Å². The van der Waals surface area contributed by atoms with Crippen molar-refractivity contribution in [2.24, 2.45) is 0 Å². The maximum atomic E-state index is 9.18. The molecule has 3 heterocycles. The smallest absolute Gasteiger partial charge is 0.368 e. The molecule has 0 fully saturated rings. The van der Waals surface area contributed by atoms with E-state index in [0.717, 1.165) is 29.8 Å². The monoisotopic (exact) mass is 482 g/mol. The Balaban J connectivity index is 0.00000115. The summed E-state index contributed by atoms with van der Waals surface area (Å²) in [7, 11) is 0. The molecule has 0 aliphatic carbocycles. The van der Waals surface area contributed by atoms with Crippen molar-refractivity contribution < 1.29 is 9.59 Å². The van der Waals surface area contributed by atoms with Crippen molar-refractivity contribution in [3.8, 4) is 28.7 Å². The number of hydrogen-bond donors (Lipinski definition) is 1. The molecule has 0 atom stereocenters. The van der Waals surface area contributed by atoms with Crippen molar-refractivity contribution in [3.63, 3.8) is 0 Å². The number of nitriles is 1. The second-order valence-electron chi connectivity index (χ2n) is 8.36. The van der Waals surface area contributed by atoms with E-state index in [9.17, 15) is 5.26 Å². The summed E-state index contributed by atoms with van der Waals surface area (Å²) in [4.78, 5) is 29.8. The summed E-state index contributed by atoms with van der Waals surface area (Å²) < 4.78 is 1.74. The maximum absolute atomic E-state index is 9.18. The van der Waals surface area contributed by atoms with Crippen LogP contribution in [0.5, 0.6) is 0 Å². The van der Waals surface area contributed by atoms with E-state index in [2.05, 4.69) is 53.2 Å². The van der Waals surface area contributed by atoms with Crippen molar-refractivity contribution in [1.29, 1.82) is 5.26 Å². The predicted octanol–water partition coefficient (Wildman–Crippen LogP) is 3.79. The highest BCUT2D eigenvalue weighted by molar-refractivity contribution is 5.68. The van der Waals surface area contributed by atoms with E-state index >= 15 is 0 Å². The lowest BCUT2D eigenvalue weighted by molar-refractivity contribution is -0.191. The van der Waals surface area contributed by atoms with Gasteiger partial charge in [-0.2, -0.15) is 14.9 Å². The molecular weight excluding hydrogens is 456 g/mol. The first kappa shape index (κ1) is 25.9. The Morgan fingerprint density at radius 3 is 2.36 bits per heavy atom. The van der Waals surface area contributed by atoms with Crippen molar-refractivity contribution in [2.45, 2.75) is 45.6 Å². The minimum atomic E-state index is 0.0568. The third kappa shape index (κ3) is 6.03. The molecule has 0 saturated heterocycles. The molecule has 0 aliphatic heterocycles. The Hall–Kier alpha value is -4.74. The fraction of sp³-hybridized carbons (Fsp3) is 0.269. The molecule has 10 nitrogen and oxygen atoms in total. The third-order valence-corrected chi connectivity index (χ3v) is 6.14. The summed E-state index contributed by atoms with van der Waals surface area (Å²) in [5.74, 6) is 0.132. The number of anilines is 1. The summed E-state index contributed by atoms with van der Waals surface area (Å²) in [6, 6.07) is 17.3. The van der Waals surface area contributed by atoms with E-state index in [4.69, 9.17) is 20.3 Å². The number of hydrogen-bond acceptors (Lipinski definition) is 9. The van der Waals surface area contributed by atoms with Gasteiger partial charge in [0.25, 0.3) is 0 Å². The van der Waals surface area contributed by atoms with Gasteiger partial charge in [-0.05, 0) is 43.2 Å². The van der Waals surface area contributed by atoms with Crippen molar-refractivity contribution in [3.05, 3.63) is 71.7 Å². The second-order valence-corrected chi connectivity index (χ2v) is 8.36. The fourth-order valence-corrected chi connectivity index (χ4v) is 3.67. The molecule has 10 heteroatoms. The molecule has 0 amide bonds. The van der Waals surface area contributed by atoms with E-state index in [1.807, 2.05) is 30.5 Å². The summed E-state index contributed by atoms with van der Waals surface area (Å²) in [6.07, 6.45) is 4.13. The van der Waals surface area contributed by atoms with E-state index in [1.165, 1.54) is 0 Å². The van der Waals surface area contributed by atoms with Gasteiger partial charge in [0.1, 0.15) is 5.69 Å². The molecule has 3 aromatic heterocycles. The van der Waals surface area contributed by atoms with Gasteiger partial charge in [-0.15, -0.1) is 5.10 Å².